The number of nitrogens with one attached hydrogen (secondary N) is 1. The first kappa shape index (κ1) is 19.2. The normalized spacial score (nSPS) is 10.7. The van der Waals surface area contributed by atoms with Gasteiger partial charge in [-0.05, 0) is 48.7 Å². The second kappa shape index (κ2) is 8.08. The second-order valence-electron chi connectivity index (χ2n) is 6.86. The Labute approximate surface area is 173 Å². The lowest BCUT2D eigenvalue weighted by Gasteiger charge is -2.10. The summed E-state index contributed by atoms with van der Waals surface area (Å²) < 4.78 is 7.62. The van der Waals surface area contributed by atoms with Crippen LogP contribution in [0.25, 0.3) is 10.9 Å². The van der Waals surface area contributed by atoms with Crippen molar-refractivity contribution in [1.82, 2.24) is 9.55 Å². The third-order valence-electron chi connectivity index (χ3n) is 4.68. The number of para-hydroxylation sites is 1. The van der Waals surface area contributed by atoms with Gasteiger partial charge in [0, 0.05) is 22.8 Å². The van der Waals surface area contributed by atoms with Crippen LogP contribution in [-0.2, 0) is 11.3 Å². The molecule has 0 aliphatic heterocycles. The molecule has 3 N–H and O–H groups in total. The predicted octanol–water partition coefficient (Wildman–Crippen LogP) is 3.87. The number of fused-ring (bicyclic) bond motifs is 1. The number of nitrogens with two attached hydrogens (primary N) is 1. The van der Waals surface area contributed by atoms with Crippen molar-refractivity contribution in [1.29, 1.82) is 0 Å². The molecule has 4 aromatic rings. The van der Waals surface area contributed by atoms with Crippen molar-refractivity contribution in [3.05, 3.63) is 84.2 Å². The number of primary amides is 1. The Balaban J connectivity index is 1.42. The monoisotopic (exact) mass is 400 g/mol. The van der Waals surface area contributed by atoms with Crippen LogP contribution in [0.5, 0.6) is 11.6 Å². The van der Waals surface area contributed by atoms with E-state index in [0.29, 0.717) is 22.9 Å². The summed E-state index contributed by atoms with van der Waals surface area (Å²) in [7, 11) is 0. The molecule has 0 saturated carbocycles. The molecular weight excluding hydrogens is 380 g/mol. The van der Waals surface area contributed by atoms with E-state index in [1.165, 1.54) is 6.20 Å². The van der Waals surface area contributed by atoms with Gasteiger partial charge in [0.1, 0.15) is 12.3 Å². The Morgan fingerprint density at radius 2 is 1.90 bits per heavy atom. The van der Waals surface area contributed by atoms with E-state index in [0.717, 1.165) is 16.6 Å². The number of carbonyl (C=O) groups excluding carboxylic acids is 2. The minimum absolute atomic E-state index is 0.149. The molecule has 0 radical (unpaired) electrons. The highest BCUT2D eigenvalue weighted by atomic mass is 16.5. The Hall–Kier alpha value is -4.13. The summed E-state index contributed by atoms with van der Waals surface area (Å²) in [6.45, 7) is 2.19. The Kier molecular flexibility index (Phi) is 5.17. The van der Waals surface area contributed by atoms with Crippen molar-refractivity contribution < 1.29 is 14.3 Å². The maximum absolute atomic E-state index is 12.5. The Morgan fingerprint density at radius 1 is 1.07 bits per heavy atom. The lowest BCUT2D eigenvalue weighted by atomic mass is 10.2. The number of nitrogens with zero attached hydrogens (tertiary/aromatic N) is 2. The Bertz CT molecular complexity index is 1230. The van der Waals surface area contributed by atoms with E-state index in [1.807, 2.05) is 35.8 Å². The van der Waals surface area contributed by atoms with Crippen LogP contribution in [0.3, 0.4) is 0 Å². The van der Waals surface area contributed by atoms with Crippen molar-refractivity contribution in [3.8, 4) is 11.6 Å². The largest absolute Gasteiger partial charge is 0.439 e. The maximum Gasteiger partial charge on any atom is 0.248 e. The number of aryl methyl sites for hydroxylation is 1. The smallest absolute Gasteiger partial charge is 0.248 e. The van der Waals surface area contributed by atoms with Crippen LogP contribution in [0.2, 0.25) is 0 Å². The summed E-state index contributed by atoms with van der Waals surface area (Å²) in [5.41, 5.74) is 8.23. The first-order valence-corrected chi connectivity index (χ1v) is 9.38. The molecular formula is C23H20N4O3. The highest BCUT2D eigenvalue weighted by Gasteiger charge is 2.10. The standard InChI is InChI=1S/C23H20N4O3/c1-15-11-16-5-2-3-8-20(16)27(15)14-21(28)26-18-9-10-22(25-13-18)30-19-7-4-6-17(12-19)23(24)29/h2-13H,14H2,1H3,(H2,24,29)(H,26,28). The molecule has 2 heterocycles. The van der Waals surface area contributed by atoms with Gasteiger partial charge in [-0.25, -0.2) is 4.98 Å². The topological polar surface area (TPSA) is 99.2 Å². The number of ether oxygens (including phenoxy) is 1. The van der Waals surface area contributed by atoms with E-state index in [4.69, 9.17) is 10.5 Å². The van der Waals surface area contributed by atoms with Gasteiger partial charge in [0.15, 0.2) is 0 Å². The first-order valence-electron chi connectivity index (χ1n) is 9.38. The highest BCUT2D eigenvalue weighted by Crippen LogP contribution is 2.22. The quantitative estimate of drug-likeness (QED) is 0.513. The number of hydrogen-bond acceptors (Lipinski definition) is 4. The van der Waals surface area contributed by atoms with Gasteiger partial charge < -0.3 is 20.4 Å². The summed E-state index contributed by atoms with van der Waals surface area (Å²) in [4.78, 5) is 28.0. The van der Waals surface area contributed by atoms with Crippen molar-refractivity contribution in [2.45, 2.75) is 13.5 Å². The summed E-state index contributed by atoms with van der Waals surface area (Å²) in [6.07, 6.45) is 1.52. The molecule has 0 fully saturated rings. The minimum Gasteiger partial charge on any atom is -0.439 e. The van der Waals surface area contributed by atoms with Gasteiger partial charge >= 0.3 is 0 Å². The van der Waals surface area contributed by atoms with Gasteiger partial charge in [0.2, 0.25) is 17.7 Å². The fourth-order valence-corrected chi connectivity index (χ4v) is 3.25. The molecule has 0 aliphatic rings. The SMILES string of the molecule is Cc1cc2ccccc2n1CC(=O)Nc1ccc(Oc2cccc(C(N)=O)c2)nc1. The van der Waals surface area contributed by atoms with Crippen LogP contribution >= 0.6 is 0 Å². The predicted molar refractivity (Wildman–Crippen MR) is 115 cm³/mol. The van der Waals surface area contributed by atoms with Crippen molar-refractivity contribution >= 4 is 28.4 Å². The van der Waals surface area contributed by atoms with Gasteiger partial charge in [0.25, 0.3) is 0 Å². The lowest BCUT2D eigenvalue weighted by molar-refractivity contribution is -0.116. The third kappa shape index (κ3) is 4.15. The van der Waals surface area contributed by atoms with E-state index >= 15 is 0 Å². The first-order chi connectivity index (χ1) is 14.5. The van der Waals surface area contributed by atoms with Crippen LogP contribution in [0.1, 0.15) is 16.1 Å². The lowest BCUT2D eigenvalue weighted by Crippen LogP contribution is -2.19. The molecule has 150 valence electrons. The number of rotatable bonds is 6. The van der Waals surface area contributed by atoms with Gasteiger partial charge in [0.05, 0.1) is 11.9 Å². The molecule has 2 aromatic carbocycles. The molecule has 2 aromatic heterocycles. The van der Waals surface area contributed by atoms with E-state index in [9.17, 15) is 9.59 Å². The third-order valence-corrected chi connectivity index (χ3v) is 4.68. The molecule has 2 amide bonds. The summed E-state index contributed by atoms with van der Waals surface area (Å²) >= 11 is 0. The van der Waals surface area contributed by atoms with Crippen LogP contribution in [0, 0.1) is 6.92 Å². The molecule has 0 spiro atoms. The zero-order chi connectivity index (χ0) is 21.1. The molecule has 7 heteroatoms. The Morgan fingerprint density at radius 3 is 2.67 bits per heavy atom. The number of anilines is 1. The van der Waals surface area contributed by atoms with Crippen LogP contribution < -0.4 is 15.8 Å². The van der Waals surface area contributed by atoms with Gasteiger partial charge in [-0.1, -0.05) is 24.3 Å². The second-order valence-corrected chi connectivity index (χ2v) is 6.86. The highest BCUT2D eigenvalue weighted by molar-refractivity contribution is 5.93. The fraction of sp³-hybridized carbons (Fsp3) is 0.0870. The molecule has 30 heavy (non-hydrogen) atoms. The van der Waals surface area contributed by atoms with Gasteiger partial charge in [-0.15, -0.1) is 0 Å². The zero-order valence-corrected chi connectivity index (χ0v) is 16.3. The summed E-state index contributed by atoms with van der Waals surface area (Å²) in [5, 5.41) is 3.95. The van der Waals surface area contributed by atoms with E-state index in [2.05, 4.69) is 16.4 Å². The van der Waals surface area contributed by atoms with E-state index in [-0.39, 0.29) is 12.5 Å². The number of benzene rings is 2. The summed E-state index contributed by atoms with van der Waals surface area (Å²) in [5.74, 6) is 0.105. The fourth-order valence-electron chi connectivity index (χ4n) is 3.25. The van der Waals surface area contributed by atoms with Crippen molar-refractivity contribution in [2.24, 2.45) is 5.73 Å². The molecule has 0 atom stereocenters. The number of carbonyl (C=O) groups is 2. The van der Waals surface area contributed by atoms with Gasteiger partial charge in [-0.2, -0.15) is 0 Å². The molecule has 0 bridgehead atoms. The average molecular weight is 400 g/mol. The molecule has 0 aliphatic carbocycles. The van der Waals surface area contributed by atoms with Crippen LogP contribution in [0.15, 0.2) is 72.9 Å². The maximum atomic E-state index is 12.5. The average Bonchev–Trinajstić information content (AvgIpc) is 3.05. The number of aromatic nitrogens is 2. The van der Waals surface area contributed by atoms with Crippen molar-refractivity contribution in [2.75, 3.05) is 5.32 Å². The van der Waals surface area contributed by atoms with E-state index in [1.54, 1.807) is 36.4 Å². The zero-order valence-electron chi connectivity index (χ0n) is 16.3. The van der Waals surface area contributed by atoms with Gasteiger partial charge in [-0.3, -0.25) is 9.59 Å². The van der Waals surface area contributed by atoms with Crippen molar-refractivity contribution in [3.63, 3.8) is 0 Å². The molecule has 0 saturated heterocycles. The molecule has 4 rings (SSSR count). The number of pyridine rings is 1. The number of hydrogen-bond donors (Lipinski definition) is 2. The molecule has 0 unspecified atom stereocenters. The van der Waals surface area contributed by atoms with E-state index < -0.39 is 5.91 Å². The summed E-state index contributed by atoms with van der Waals surface area (Å²) in [6, 6.07) is 19.9. The molecule has 7 nitrogen and oxygen atoms in total. The number of amides is 2. The van der Waals surface area contributed by atoms with Crippen LogP contribution in [-0.4, -0.2) is 21.4 Å². The van der Waals surface area contributed by atoms with Crippen LogP contribution in [0.4, 0.5) is 5.69 Å². The minimum atomic E-state index is -0.530.